The van der Waals surface area contributed by atoms with Crippen LogP contribution in [0.3, 0.4) is 0 Å². The first-order valence-electron chi connectivity index (χ1n) is 7.74. The number of nitrogens with zero attached hydrogens (tertiary/aromatic N) is 2. The van der Waals surface area contributed by atoms with Gasteiger partial charge in [0.05, 0.1) is 16.3 Å². The summed E-state index contributed by atoms with van der Waals surface area (Å²) in [7, 11) is -3.66. The molecule has 0 saturated heterocycles. The smallest absolute Gasteiger partial charge is 0.261 e. The molecule has 0 aliphatic heterocycles. The van der Waals surface area contributed by atoms with Gasteiger partial charge in [0.15, 0.2) is 0 Å². The highest BCUT2D eigenvalue weighted by Gasteiger charge is 2.17. The van der Waals surface area contributed by atoms with Crippen molar-refractivity contribution in [1.82, 2.24) is 9.38 Å². The zero-order valence-corrected chi connectivity index (χ0v) is 14.0. The standard InChI is InChI=1S/C19H15N3O2S/c23-25(24,15-8-2-1-3-9-15)21-17-11-5-4-10-16(17)18-14-22-13-7-6-12-19(22)20-18/h1-14,21H. The lowest BCUT2D eigenvalue weighted by molar-refractivity contribution is 0.601. The Labute approximate surface area is 145 Å². The predicted octanol–water partition coefficient (Wildman–Crippen LogP) is 3.80. The number of benzene rings is 2. The van der Waals surface area contributed by atoms with Crippen LogP contribution in [-0.4, -0.2) is 17.8 Å². The molecule has 0 saturated carbocycles. The fourth-order valence-corrected chi connectivity index (χ4v) is 3.76. The molecule has 0 unspecified atom stereocenters. The average Bonchev–Trinajstić information content (AvgIpc) is 3.06. The van der Waals surface area contributed by atoms with Crippen molar-refractivity contribution in [2.75, 3.05) is 4.72 Å². The first kappa shape index (κ1) is 15.4. The summed E-state index contributed by atoms with van der Waals surface area (Å²) in [4.78, 5) is 4.80. The van der Waals surface area contributed by atoms with Gasteiger partial charge >= 0.3 is 0 Å². The quantitative estimate of drug-likeness (QED) is 0.609. The fraction of sp³-hybridized carbons (Fsp3) is 0. The molecule has 2 aromatic heterocycles. The molecule has 6 heteroatoms. The number of nitrogens with one attached hydrogen (secondary N) is 1. The molecule has 0 radical (unpaired) electrons. The first-order chi connectivity index (χ1) is 12.1. The molecule has 2 aromatic carbocycles. The molecule has 1 N–H and O–H groups in total. The van der Waals surface area contributed by atoms with Crippen molar-refractivity contribution in [3.63, 3.8) is 0 Å². The Bertz CT molecular complexity index is 1100. The van der Waals surface area contributed by atoms with Gasteiger partial charge in [-0.05, 0) is 30.3 Å². The van der Waals surface area contributed by atoms with E-state index in [0.29, 0.717) is 11.4 Å². The summed E-state index contributed by atoms with van der Waals surface area (Å²) in [5, 5.41) is 0. The monoisotopic (exact) mass is 349 g/mol. The summed E-state index contributed by atoms with van der Waals surface area (Å²) in [6, 6.07) is 21.3. The minimum atomic E-state index is -3.66. The van der Waals surface area contributed by atoms with Gasteiger partial charge in [-0.15, -0.1) is 0 Å². The van der Waals surface area contributed by atoms with Crippen LogP contribution >= 0.6 is 0 Å². The third kappa shape index (κ3) is 2.99. The van der Waals surface area contributed by atoms with E-state index in [4.69, 9.17) is 0 Å². The van der Waals surface area contributed by atoms with Crippen molar-refractivity contribution in [2.45, 2.75) is 4.90 Å². The van der Waals surface area contributed by atoms with Gasteiger partial charge in [0.2, 0.25) is 0 Å². The minimum Gasteiger partial charge on any atom is -0.306 e. The molecular weight excluding hydrogens is 334 g/mol. The number of rotatable bonds is 4. The van der Waals surface area contributed by atoms with Crippen molar-refractivity contribution in [3.8, 4) is 11.3 Å². The largest absolute Gasteiger partial charge is 0.306 e. The van der Waals surface area contributed by atoms with Crippen molar-refractivity contribution in [3.05, 3.63) is 85.2 Å². The summed E-state index contributed by atoms with van der Waals surface area (Å²) >= 11 is 0. The van der Waals surface area contributed by atoms with Gasteiger partial charge in [-0.3, -0.25) is 4.72 Å². The van der Waals surface area contributed by atoms with E-state index in [-0.39, 0.29) is 4.90 Å². The number of sulfonamides is 1. The average molecular weight is 349 g/mol. The van der Waals surface area contributed by atoms with Crippen LogP contribution in [-0.2, 0) is 10.0 Å². The highest BCUT2D eigenvalue weighted by Crippen LogP contribution is 2.29. The maximum Gasteiger partial charge on any atom is 0.261 e. The van der Waals surface area contributed by atoms with E-state index in [1.807, 2.05) is 47.1 Å². The van der Waals surface area contributed by atoms with Crippen LogP contribution in [0, 0.1) is 0 Å². The van der Waals surface area contributed by atoms with Crippen LogP contribution in [0.4, 0.5) is 5.69 Å². The Morgan fingerprint density at radius 3 is 2.36 bits per heavy atom. The van der Waals surface area contributed by atoms with Gasteiger partial charge in [0, 0.05) is 18.0 Å². The molecule has 0 bridgehead atoms. The van der Waals surface area contributed by atoms with Crippen molar-refractivity contribution < 1.29 is 8.42 Å². The van der Waals surface area contributed by atoms with Gasteiger partial charge < -0.3 is 4.40 Å². The maximum atomic E-state index is 12.6. The number of para-hydroxylation sites is 1. The summed E-state index contributed by atoms with van der Waals surface area (Å²) in [5.41, 5.74) is 2.73. The summed E-state index contributed by atoms with van der Waals surface area (Å²) in [6.45, 7) is 0. The van der Waals surface area contributed by atoms with Crippen LogP contribution < -0.4 is 4.72 Å². The SMILES string of the molecule is O=S(=O)(Nc1ccccc1-c1cn2ccccc2n1)c1ccccc1. The number of aromatic nitrogens is 2. The second-order valence-electron chi connectivity index (χ2n) is 5.56. The zero-order valence-electron chi connectivity index (χ0n) is 13.2. The van der Waals surface area contributed by atoms with Gasteiger partial charge in [-0.2, -0.15) is 0 Å². The summed E-state index contributed by atoms with van der Waals surface area (Å²) in [5.74, 6) is 0. The summed E-state index contributed by atoms with van der Waals surface area (Å²) in [6.07, 6.45) is 3.79. The van der Waals surface area contributed by atoms with Crippen LogP contribution in [0.5, 0.6) is 0 Å². The molecular formula is C19H15N3O2S. The number of pyridine rings is 1. The molecule has 0 spiro atoms. The minimum absolute atomic E-state index is 0.222. The Hall–Kier alpha value is -3.12. The first-order valence-corrected chi connectivity index (χ1v) is 9.23. The second kappa shape index (κ2) is 6.07. The van der Waals surface area contributed by atoms with E-state index in [2.05, 4.69) is 9.71 Å². The molecule has 0 fully saturated rings. The van der Waals surface area contributed by atoms with Gasteiger partial charge in [-0.1, -0.05) is 42.5 Å². The molecule has 5 nitrogen and oxygen atoms in total. The number of hydrogen-bond donors (Lipinski definition) is 1. The molecule has 2 heterocycles. The second-order valence-corrected chi connectivity index (χ2v) is 7.24. The van der Waals surface area contributed by atoms with Crippen LogP contribution in [0.15, 0.2) is 90.1 Å². The fourth-order valence-electron chi connectivity index (χ4n) is 2.66. The van der Waals surface area contributed by atoms with Gasteiger partial charge in [-0.25, -0.2) is 13.4 Å². The number of imidazole rings is 1. The molecule has 0 aliphatic rings. The van der Waals surface area contributed by atoms with Crippen molar-refractivity contribution in [1.29, 1.82) is 0 Å². The highest BCUT2D eigenvalue weighted by molar-refractivity contribution is 7.92. The molecule has 0 aliphatic carbocycles. The van der Waals surface area contributed by atoms with Crippen LogP contribution in [0.25, 0.3) is 16.9 Å². The molecule has 0 amide bonds. The van der Waals surface area contributed by atoms with E-state index in [1.54, 1.807) is 42.5 Å². The number of fused-ring (bicyclic) bond motifs is 1. The third-order valence-corrected chi connectivity index (χ3v) is 5.25. The van der Waals surface area contributed by atoms with E-state index >= 15 is 0 Å². The van der Waals surface area contributed by atoms with Crippen LogP contribution in [0.2, 0.25) is 0 Å². The van der Waals surface area contributed by atoms with E-state index < -0.39 is 10.0 Å². The van der Waals surface area contributed by atoms with Crippen LogP contribution in [0.1, 0.15) is 0 Å². The van der Waals surface area contributed by atoms with E-state index in [9.17, 15) is 8.42 Å². The number of anilines is 1. The Balaban J connectivity index is 1.77. The Kier molecular flexibility index (Phi) is 3.74. The topological polar surface area (TPSA) is 63.5 Å². The Morgan fingerprint density at radius 1 is 0.840 bits per heavy atom. The van der Waals surface area contributed by atoms with Gasteiger partial charge in [0.1, 0.15) is 5.65 Å². The van der Waals surface area contributed by atoms with E-state index in [0.717, 1.165) is 11.2 Å². The lowest BCUT2D eigenvalue weighted by atomic mass is 10.1. The number of hydrogen-bond acceptors (Lipinski definition) is 3. The van der Waals surface area contributed by atoms with Gasteiger partial charge in [0.25, 0.3) is 10.0 Å². The van der Waals surface area contributed by atoms with E-state index in [1.165, 1.54) is 0 Å². The van der Waals surface area contributed by atoms with Crippen molar-refractivity contribution in [2.24, 2.45) is 0 Å². The van der Waals surface area contributed by atoms with Crippen molar-refractivity contribution >= 4 is 21.4 Å². The Morgan fingerprint density at radius 2 is 1.56 bits per heavy atom. The third-order valence-electron chi connectivity index (χ3n) is 3.86. The normalized spacial score (nSPS) is 11.5. The predicted molar refractivity (Wildman–Crippen MR) is 97.9 cm³/mol. The lowest BCUT2D eigenvalue weighted by Gasteiger charge is -2.11. The lowest BCUT2D eigenvalue weighted by Crippen LogP contribution is -2.13. The molecule has 4 aromatic rings. The molecule has 0 atom stereocenters. The molecule has 124 valence electrons. The highest BCUT2D eigenvalue weighted by atomic mass is 32.2. The molecule has 25 heavy (non-hydrogen) atoms. The zero-order chi connectivity index (χ0) is 17.3. The maximum absolute atomic E-state index is 12.6. The molecule has 4 rings (SSSR count). The summed E-state index contributed by atoms with van der Waals surface area (Å²) < 4.78 is 29.8.